The Morgan fingerprint density at radius 1 is 1.14 bits per heavy atom. The van der Waals surface area contributed by atoms with Crippen LogP contribution in [0.3, 0.4) is 0 Å². The molecule has 2 unspecified atom stereocenters. The van der Waals surface area contributed by atoms with Crippen LogP contribution in [0.5, 0.6) is 0 Å². The van der Waals surface area contributed by atoms with E-state index in [1.807, 2.05) is 36.4 Å². The molecule has 0 aliphatic carbocycles. The normalized spacial score (nSPS) is 25.8. The van der Waals surface area contributed by atoms with Gasteiger partial charge in [-0.2, -0.15) is 0 Å². The number of carboxylic acids is 1. The summed E-state index contributed by atoms with van der Waals surface area (Å²) in [6.07, 6.45) is -5.17. The Morgan fingerprint density at radius 2 is 1.78 bits per heavy atom. The predicted octanol–water partition coefficient (Wildman–Crippen LogP) is -0.651. The Bertz CT molecular complexity index is 1160. The average molecular weight is 541 g/mol. The molecule has 2 aromatic rings. The fourth-order valence-electron chi connectivity index (χ4n) is 4.27. The number of carbonyl (C=O) groups is 2. The average Bonchev–Trinajstić information content (AvgIpc) is 3.10. The van der Waals surface area contributed by atoms with E-state index in [0.717, 1.165) is 17.7 Å². The fourth-order valence-corrected chi connectivity index (χ4v) is 5.52. The van der Waals surface area contributed by atoms with Crippen LogP contribution in [0.2, 0.25) is 0 Å². The molecule has 0 bridgehead atoms. The van der Waals surface area contributed by atoms with Crippen LogP contribution in [0.15, 0.2) is 42.5 Å². The van der Waals surface area contributed by atoms with Crippen molar-refractivity contribution >= 4 is 30.2 Å². The smallest absolute Gasteiger partial charge is 0.331 e. The number of nitrogens with one attached hydrogen (secondary N) is 2. The molecular formula is C24H33N2O10P. The summed E-state index contributed by atoms with van der Waals surface area (Å²) in [7, 11) is -4.52. The third-order valence-electron chi connectivity index (χ3n) is 6.39. The third kappa shape index (κ3) is 7.56. The number of rotatable bonds is 12. The number of aliphatic hydroxyl groups is 4. The van der Waals surface area contributed by atoms with Gasteiger partial charge >= 0.3 is 13.6 Å². The van der Waals surface area contributed by atoms with E-state index in [0.29, 0.717) is 5.56 Å². The maximum absolute atomic E-state index is 12.6. The molecule has 1 fully saturated rings. The molecule has 8 N–H and O–H groups in total. The lowest BCUT2D eigenvalue weighted by Crippen LogP contribution is -2.55. The maximum Gasteiger partial charge on any atom is 0.331 e. The minimum Gasteiger partial charge on any atom is -0.479 e. The van der Waals surface area contributed by atoms with Gasteiger partial charge in [0.15, 0.2) is 5.54 Å². The van der Waals surface area contributed by atoms with Gasteiger partial charge in [0, 0.05) is 6.04 Å². The van der Waals surface area contributed by atoms with Gasteiger partial charge in [-0.05, 0) is 29.7 Å². The SMILES string of the molecule is CC(COP(=O)(O)C[C@H](O)C[C@H]1N[C@H](CO)[C@@H](O)[C@@H]1O)(NC(=O)Cc1ccc2ccccc2c1)C(=O)O. The third-order valence-corrected chi connectivity index (χ3v) is 7.80. The maximum atomic E-state index is 12.6. The standard InChI is InChI=1S/C24H33N2O10P/c1-24(23(32)33,26-20(29)9-14-6-7-15-4-2-3-5-16(15)8-14)13-36-37(34,35)12-17(28)10-18-21(30)22(31)19(11-27)25-18/h2-8,17-19,21-22,25,27-28,30-31H,9-13H2,1H3,(H,26,29)(H,32,33)(H,34,35)/t17-,18-,19-,21-,22-,24?/m1/s1. The van der Waals surface area contributed by atoms with Crippen LogP contribution >= 0.6 is 7.60 Å². The first-order valence-corrected chi connectivity index (χ1v) is 13.5. The molecule has 1 aliphatic rings. The molecular weight excluding hydrogens is 507 g/mol. The number of carbonyl (C=O) groups excluding carboxylic acids is 1. The summed E-state index contributed by atoms with van der Waals surface area (Å²) in [6, 6.07) is 11.3. The summed E-state index contributed by atoms with van der Waals surface area (Å²) < 4.78 is 17.5. The van der Waals surface area contributed by atoms with Gasteiger partial charge in [-0.1, -0.05) is 42.5 Å². The van der Waals surface area contributed by atoms with Gasteiger partial charge in [-0.25, -0.2) is 4.79 Å². The molecule has 37 heavy (non-hydrogen) atoms. The van der Waals surface area contributed by atoms with Crippen molar-refractivity contribution in [3.8, 4) is 0 Å². The second-order valence-electron chi connectivity index (χ2n) is 9.57. The monoisotopic (exact) mass is 540 g/mol. The molecule has 1 saturated heterocycles. The number of fused-ring (bicyclic) bond motifs is 1. The number of aliphatic hydroxyl groups excluding tert-OH is 4. The van der Waals surface area contributed by atoms with Crippen molar-refractivity contribution in [3.63, 3.8) is 0 Å². The van der Waals surface area contributed by atoms with Crippen molar-refractivity contribution in [2.75, 3.05) is 19.4 Å². The summed E-state index contributed by atoms with van der Waals surface area (Å²) >= 11 is 0. The van der Waals surface area contributed by atoms with Crippen molar-refractivity contribution in [3.05, 3.63) is 48.0 Å². The number of carboxylic acid groups (broad SMARTS) is 1. The minimum absolute atomic E-state index is 0.124. The van der Waals surface area contributed by atoms with Crippen LogP contribution in [0, 0.1) is 0 Å². The molecule has 0 radical (unpaired) electrons. The van der Waals surface area contributed by atoms with Crippen molar-refractivity contribution in [1.29, 1.82) is 0 Å². The van der Waals surface area contributed by atoms with Crippen LogP contribution in [0.1, 0.15) is 18.9 Å². The Hall–Kier alpha value is -2.41. The number of aliphatic carboxylic acids is 1. The molecule has 3 rings (SSSR count). The lowest BCUT2D eigenvalue weighted by Gasteiger charge is -2.28. The quantitative estimate of drug-likeness (QED) is 0.159. The summed E-state index contributed by atoms with van der Waals surface area (Å²) in [4.78, 5) is 34.7. The molecule has 0 aromatic heterocycles. The van der Waals surface area contributed by atoms with Crippen LogP contribution < -0.4 is 10.6 Å². The largest absolute Gasteiger partial charge is 0.479 e. The molecule has 1 heterocycles. The number of benzene rings is 2. The number of hydrogen-bond acceptors (Lipinski definition) is 9. The van der Waals surface area contributed by atoms with E-state index < -0.39 is 74.8 Å². The highest BCUT2D eigenvalue weighted by Crippen LogP contribution is 2.44. The molecule has 204 valence electrons. The summed E-state index contributed by atoms with van der Waals surface area (Å²) in [5.74, 6) is -2.11. The number of hydrogen-bond donors (Lipinski definition) is 8. The van der Waals surface area contributed by atoms with Crippen molar-refractivity contribution in [2.45, 2.75) is 55.7 Å². The van der Waals surface area contributed by atoms with E-state index in [1.165, 1.54) is 0 Å². The van der Waals surface area contributed by atoms with Gasteiger partial charge in [0.2, 0.25) is 5.91 Å². The van der Waals surface area contributed by atoms with Crippen molar-refractivity contribution in [2.24, 2.45) is 0 Å². The lowest BCUT2D eigenvalue weighted by atomic mass is 10.0. The summed E-state index contributed by atoms with van der Waals surface area (Å²) in [5, 5.41) is 55.9. The first kappa shape index (κ1) is 29.2. The Kier molecular flexibility index (Phi) is 9.43. The zero-order valence-electron chi connectivity index (χ0n) is 20.2. The molecule has 7 atom stereocenters. The highest BCUT2D eigenvalue weighted by molar-refractivity contribution is 7.52. The first-order valence-electron chi connectivity index (χ1n) is 11.7. The highest BCUT2D eigenvalue weighted by Gasteiger charge is 2.43. The van der Waals surface area contributed by atoms with E-state index >= 15 is 0 Å². The van der Waals surface area contributed by atoms with Crippen LogP contribution in [0.4, 0.5) is 0 Å². The molecule has 0 saturated carbocycles. The van der Waals surface area contributed by atoms with Gasteiger partial charge in [0.25, 0.3) is 0 Å². The molecule has 12 nitrogen and oxygen atoms in total. The molecule has 2 aromatic carbocycles. The van der Waals surface area contributed by atoms with Gasteiger partial charge in [-0.15, -0.1) is 0 Å². The van der Waals surface area contributed by atoms with Crippen molar-refractivity contribution < 1.29 is 49.1 Å². The van der Waals surface area contributed by atoms with E-state index in [4.69, 9.17) is 4.52 Å². The summed E-state index contributed by atoms with van der Waals surface area (Å²) in [5.41, 5.74) is -1.38. The van der Waals surface area contributed by atoms with Gasteiger partial charge in [0.1, 0.15) is 0 Å². The highest BCUT2D eigenvalue weighted by atomic mass is 31.2. The Morgan fingerprint density at radius 3 is 2.41 bits per heavy atom. The Labute approximate surface area is 213 Å². The molecule has 0 spiro atoms. The fraction of sp³-hybridized carbons (Fsp3) is 0.500. The topological polar surface area (TPSA) is 206 Å². The van der Waals surface area contributed by atoms with E-state index in [9.17, 15) is 44.6 Å². The van der Waals surface area contributed by atoms with Crippen LogP contribution in [-0.4, -0.2) is 97.6 Å². The predicted molar refractivity (Wildman–Crippen MR) is 133 cm³/mol. The number of amides is 1. The van der Waals surface area contributed by atoms with Crippen LogP contribution in [-0.2, 0) is 25.1 Å². The molecule has 1 aliphatic heterocycles. The van der Waals surface area contributed by atoms with E-state index in [1.54, 1.807) is 6.07 Å². The lowest BCUT2D eigenvalue weighted by molar-refractivity contribution is -0.148. The molecule has 13 heteroatoms. The van der Waals surface area contributed by atoms with Gasteiger partial charge in [-0.3, -0.25) is 9.36 Å². The van der Waals surface area contributed by atoms with E-state index in [2.05, 4.69) is 10.6 Å². The van der Waals surface area contributed by atoms with E-state index in [-0.39, 0.29) is 12.8 Å². The first-order chi connectivity index (χ1) is 17.3. The second kappa shape index (κ2) is 12.0. The zero-order chi connectivity index (χ0) is 27.4. The summed E-state index contributed by atoms with van der Waals surface area (Å²) in [6.45, 7) is -0.159. The minimum atomic E-state index is -4.52. The molecule has 1 amide bonds. The second-order valence-corrected chi connectivity index (χ2v) is 11.5. The van der Waals surface area contributed by atoms with Crippen LogP contribution in [0.25, 0.3) is 10.8 Å². The van der Waals surface area contributed by atoms with Crippen molar-refractivity contribution in [1.82, 2.24) is 10.6 Å². The zero-order valence-corrected chi connectivity index (χ0v) is 21.1. The Balaban J connectivity index is 1.56. The van der Waals surface area contributed by atoms with Gasteiger partial charge < -0.3 is 45.6 Å². The van der Waals surface area contributed by atoms with Gasteiger partial charge in [0.05, 0.1) is 50.2 Å².